The van der Waals surface area contributed by atoms with Crippen LogP contribution in [0.1, 0.15) is 12.7 Å². The molecule has 0 atom stereocenters. The Morgan fingerprint density at radius 1 is 1.40 bits per heavy atom. The number of nitrogens with zero attached hydrogens (tertiary/aromatic N) is 2. The number of nitrogens with one attached hydrogen (secondary N) is 1. The minimum atomic E-state index is -0.467. The smallest absolute Gasteiger partial charge is 0.270 e. The van der Waals surface area contributed by atoms with Crippen molar-refractivity contribution in [3.63, 3.8) is 0 Å². The first-order chi connectivity index (χ1) is 9.56. The van der Waals surface area contributed by atoms with Crippen LogP contribution >= 0.6 is 0 Å². The molecule has 20 heavy (non-hydrogen) atoms. The van der Waals surface area contributed by atoms with Crippen molar-refractivity contribution in [2.24, 2.45) is 5.10 Å². The van der Waals surface area contributed by atoms with E-state index in [1.165, 1.54) is 25.3 Å². The summed E-state index contributed by atoms with van der Waals surface area (Å²) in [6.07, 6.45) is 1.35. The van der Waals surface area contributed by atoms with Crippen LogP contribution in [0.5, 0.6) is 0 Å². The number of hydrogen-bond donors (Lipinski definition) is 1. The number of rotatable bonds is 4. The maximum Gasteiger partial charge on any atom is 0.270 e. The average Bonchev–Trinajstić information content (AvgIpc) is 2.87. The van der Waals surface area contributed by atoms with Gasteiger partial charge in [-0.05, 0) is 12.1 Å². The second-order valence-electron chi connectivity index (χ2n) is 3.94. The summed E-state index contributed by atoms with van der Waals surface area (Å²) in [5.41, 5.74) is 2.84. The highest BCUT2D eigenvalue weighted by Crippen LogP contribution is 2.25. The molecule has 7 heteroatoms. The first-order valence-electron chi connectivity index (χ1n) is 5.70. The second kappa shape index (κ2) is 5.79. The largest absolute Gasteiger partial charge is 0.455 e. The monoisotopic (exact) mass is 273 g/mol. The highest BCUT2D eigenvalue weighted by molar-refractivity contribution is 5.80. The lowest BCUT2D eigenvalue weighted by Gasteiger charge is -1.96. The summed E-state index contributed by atoms with van der Waals surface area (Å²) in [6.45, 7) is 1.34. The van der Waals surface area contributed by atoms with Crippen molar-refractivity contribution in [2.75, 3.05) is 0 Å². The zero-order chi connectivity index (χ0) is 14.5. The Labute approximate surface area is 114 Å². The van der Waals surface area contributed by atoms with Crippen molar-refractivity contribution in [1.82, 2.24) is 5.43 Å². The van der Waals surface area contributed by atoms with E-state index in [2.05, 4.69) is 10.5 Å². The molecule has 1 N–H and O–H groups in total. The molecule has 102 valence electrons. The van der Waals surface area contributed by atoms with Gasteiger partial charge in [0, 0.05) is 24.6 Å². The Morgan fingerprint density at radius 2 is 2.20 bits per heavy atom. The lowest BCUT2D eigenvalue weighted by molar-refractivity contribution is -0.384. The van der Waals surface area contributed by atoms with E-state index >= 15 is 0 Å². The van der Waals surface area contributed by atoms with Gasteiger partial charge in [-0.3, -0.25) is 14.9 Å². The Bertz CT molecular complexity index is 676. The molecule has 7 nitrogen and oxygen atoms in total. The molecular formula is C13H11N3O4. The van der Waals surface area contributed by atoms with Crippen LogP contribution in [-0.2, 0) is 4.79 Å². The number of hydrogen-bond acceptors (Lipinski definition) is 5. The third-order valence-electron chi connectivity index (χ3n) is 2.38. The van der Waals surface area contributed by atoms with Crippen LogP contribution in [0.3, 0.4) is 0 Å². The second-order valence-corrected chi connectivity index (χ2v) is 3.94. The number of nitro groups is 1. The predicted octanol–water partition coefficient (Wildman–Crippen LogP) is 2.32. The molecule has 0 saturated heterocycles. The molecule has 1 aromatic heterocycles. The van der Waals surface area contributed by atoms with Gasteiger partial charge in [0.15, 0.2) is 0 Å². The standard InChI is InChI=1S/C13H11N3O4/c1-9(17)15-14-8-12-5-6-13(20-12)10-3-2-4-11(7-10)16(18)19/h2-8H,1H3,(H,15,17)/b14-8+. The van der Waals surface area contributed by atoms with Crippen LogP contribution < -0.4 is 5.43 Å². The number of carbonyl (C=O) groups is 1. The number of benzene rings is 1. The van der Waals surface area contributed by atoms with Crippen LogP contribution in [0.15, 0.2) is 45.9 Å². The van der Waals surface area contributed by atoms with E-state index in [9.17, 15) is 14.9 Å². The molecule has 0 aliphatic rings. The van der Waals surface area contributed by atoms with Gasteiger partial charge in [0.25, 0.3) is 5.69 Å². The van der Waals surface area contributed by atoms with Crippen molar-refractivity contribution in [3.05, 3.63) is 52.3 Å². The van der Waals surface area contributed by atoms with Gasteiger partial charge in [-0.1, -0.05) is 12.1 Å². The normalized spacial score (nSPS) is 10.7. The molecule has 0 aliphatic heterocycles. The van der Waals surface area contributed by atoms with Crippen LogP contribution in [0, 0.1) is 10.1 Å². The van der Waals surface area contributed by atoms with Crippen molar-refractivity contribution in [1.29, 1.82) is 0 Å². The first-order valence-corrected chi connectivity index (χ1v) is 5.70. The molecule has 2 aromatic rings. The van der Waals surface area contributed by atoms with E-state index < -0.39 is 4.92 Å². The van der Waals surface area contributed by atoms with Gasteiger partial charge in [0.05, 0.1) is 11.1 Å². The topological polar surface area (TPSA) is 97.7 Å². The fraction of sp³-hybridized carbons (Fsp3) is 0.0769. The molecule has 0 saturated carbocycles. The van der Waals surface area contributed by atoms with Crippen LogP contribution in [0.4, 0.5) is 5.69 Å². The zero-order valence-corrected chi connectivity index (χ0v) is 10.6. The van der Waals surface area contributed by atoms with Gasteiger partial charge in [-0.2, -0.15) is 5.10 Å². The summed E-state index contributed by atoms with van der Waals surface area (Å²) in [5.74, 6) is 0.630. The number of amides is 1. The summed E-state index contributed by atoms with van der Waals surface area (Å²) in [6, 6.07) is 9.45. The molecule has 0 fully saturated rings. The fourth-order valence-electron chi connectivity index (χ4n) is 1.54. The molecule has 0 bridgehead atoms. The molecule has 2 rings (SSSR count). The van der Waals surface area contributed by atoms with Gasteiger partial charge in [-0.15, -0.1) is 0 Å². The minimum Gasteiger partial charge on any atom is -0.455 e. The highest BCUT2D eigenvalue weighted by Gasteiger charge is 2.09. The Kier molecular flexibility index (Phi) is 3.90. The van der Waals surface area contributed by atoms with Crippen LogP contribution in [-0.4, -0.2) is 17.0 Å². The summed E-state index contributed by atoms with van der Waals surface area (Å²) < 4.78 is 5.46. The minimum absolute atomic E-state index is 0.00707. The van der Waals surface area contributed by atoms with Crippen LogP contribution in [0.25, 0.3) is 11.3 Å². The number of carbonyl (C=O) groups excluding carboxylic acids is 1. The third-order valence-corrected chi connectivity index (χ3v) is 2.38. The van der Waals surface area contributed by atoms with Crippen molar-refractivity contribution >= 4 is 17.8 Å². The molecule has 0 radical (unpaired) electrons. The summed E-state index contributed by atoms with van der Waals surface area (Å²) in [7, 11) is 0. The maximum absolute atomic E-state index is 10.7. The SMILES string of the molecule is CC(=O)N/N=C/c1ccc(-c2cccc([N+](=O)[O-])c2)o1. The van der Waals surface area contributed by atoms with E-state index in [4.69, 9.17) is 4.42 Å². The third kappa shape index (κ3) is 3.29. The van der Waals surface area contributed by atoms with E-state index in [1.807, 2.05) is 0 Å². The highest BCUT2D eigenvalue weighted by atomic mass is 16.6. The van der Waals surface area contributed by atoms with Crippen molar-refractivity contribution in [3.8, 4) is 11.3 Å². The molecule has 0 aliphatic carbocycles. The first kappa shape index (κ1) is 13.5. The van der Waals surface area contributed by atoms with E-state index in [0.29, 0.717) is 17.1 Å². The van der Waals surface area contributed by atoms with Gasteiger partial charge < -0.3 is 4.42 Å². The number of furan rings is 1. The molecule has 1 aromatic carbocycles. The van der Waals surface area contributed by atoms with E-state index in [1.54, 1.807) is 24.3 Å². The fourth-order valence-corrected chi connectivity index (χ4v) is 1.54. The lowest BCUT2D eigenvalue weighted by atomic mass is 10.1. The van der Waals surface area contributed by atoms with Gasteiger partial charge >= 0.3 is 0 Å². The van der Waals surface area contributed by atoms with Crippen LogP contribution in [0.2, 0.25) is 0 Å². The molecule has 0 unspecified atom stereocenters. The summed E-state index contributed by atoms with van der Waals surface area (Å²) in [5, 5.41) is 14.4. The Morgan fingerprint density at radius 3 is 2.90 bits per heavy atom. The Balaban J connectivity index is 2.20. The van der Waals surface area contributed by atoms with Gasteiger partial charge in [0.2, 0.25) is 5.91 Å². The quantitative estimate of drug-likeness (QED) is 0.525. The van der Waals surface area contributed by atoms with Crippen molar-refractivity contribution < 1.29 is 14.1 Å². The van der Waals surface area contributed by atoms with E-state index in [0.717, 1.165) is 0 Å². The zero-order valence-electron chi connectivity index (χ0n) is 10.6. The van der Waals surface area contributed by atoms with Crippen molar-refractivity contribution in [2.45, 2.75) is 6.92 Å². The predicted molar refractivity (Wildman–Crippen MR) is 72.2 cm³/mol. The molecule has 0 spiro atoms. The molecular weight excluding hydrogens is 262 g/mol. The number of non-ortho nitro benzene ring substituents is 1. The van der Waals surface area contributed by atoms with E-state index in [-0.39, 0.29) is 11.6 Å². The summed E-state index contributed by atoms with van der Waals surface area (Å²) in [4.78, 5) is 20.9. The number of hydrazone groups is 1. The molecule has 1 amide bonds. The number of nitro benzene ring substituents is 1. The lowest BCUT2D eigenvalue weighted by Crippen LogP contribution is -2.12. The van der Waals surface area contributed by atoms with Gasteiger partial charge in [-0.25, -0.2) is 5.43 Å². The summed E-state index contributed by atoms with van der Waals surface area (Å²) >= 11 is 0. The van der Waals surface area contributed by atoms with Gasteiger partial charge in [0.1, 0.15) is 11.5 Å². The Hall–Kier alpha value is -2.96. The molecule has 1 heterocycles. The average molecular weight is 273 g/mol. The maximum atomic E-state index is 10.7.